The minimum Gasteiger partial charge on any atom is -0.458 e. The van der Waals surface area contributed by atoms with Crippen LogP contribution in [0.4, 0.5) is 0 Å². The van der Waals surface area contributed by atoms with Gasteiger partial charge in [0.25, 0.3) is 13.4 Å². The summed E-state index contributed by atoms with van der Waals surface area (Å²) in [5.41, 5.74) is 14.6. The standard InChI is InChI=1S/C55H31B2NO5/c1-58-53-32(30-25-46-51-47(26-30)60-43-22-9-4-17-38(43)56(51)37-16-3-8-21-42(37)59-46)14-12-15-34(53)50-54(58)35(29-36-33-13-2-7-20-41(33)63-55(36)50)31-27-48-52-49(28-31)62-45-24-11-6-19-40(45)57(52)39-18-5-10-23-44(39)61-48/h2-29H,1H3. The Morgan fingerprint density at radius 2 is 0.825 bits per heavy atom. The third kappa shape index (κ3) is 4.44. The summed E-state index contributed by atoms with van der Waals surface area (Å²) >= 11 is 0. The number of hydrogen-bond donors (Lipinski definition) is 0. The summed E-state index contributed by atoms with van der Waals surface area (Å²) in [6, 6.07) is 59.4. The van der Waals surface area contributed by atoms with Crippen LogP contribution in [0, 0.1) is 0 Å². The van der Waals surface area contributed by atoms with Crippen LogP contribution in [0.5, 0.6) is 46.0 Å². The van der Waals surface area contributed by atoms with Gasteiger partial charge >= 0.3 is 0 Å². The van der Waals surface area contributed by atoms with Crippen LogP contribution in [-0.4, -0.2) is 18.0 Å². The predicted octanol–water partition coefficient (Wildman–Crippen LogP) is 10.0. The molecule has 9 aromatic carbocycles. The molecule has 63 heavy (non-hydrogen) atoms. The van der Waals surface area contributed by atoms with E-state index in [4.69, 9.17) is 23.4 Å². The highest BCUT2D eigenvalue weighted by Crippen LogP contribution is 2.48. The molecule has 8 heteroatoms. The van der Waals surface area contributed by atoms with Crippen molar-refractivity contribution in [2.24, 2.45) is 7.05 Å². The maximum atomic E-state index is 6.85. The van der Waals surface area contributed by atoms with Gasteiger partial charge < -0.3 is 27.9 Å². The third-order valence-corrected chi connectivity index (χ3v) is 13.8. The molecule has 0 unspecified atom stereocenters. The number of nitrogens with zero attached hydrogens (tertiary/aromatic N) is 1. The minimum atomic E-state index is -0.00788. The summed E-state index contributed by atoms with van der Waals surface area (Å²) in [5, 5.41) is 4.26. The zero-order valence-electron chi connectivity index (χ0n) is 33.8. The topological polar surface area (TPSA) is 55.0 Å². The van der Waals surface area contributed by atoms with Crippen molar-refractivity contribution in [2.45, 2.75) is 0 Å². The number of para-hydroxylation sites is 6. The number of benzene rings is 9. The van der Waals surface area contributed by atoms with Gasteiger partial charge in [0.05, 0.1) is 16.4 Å². The fourth-order valence-electron chi connectivity index (χ4n) is 11.2. The lowest BCUT2D eigenvalue weighted by molar-refractivity contribution is 0.464. The van der Waals surface area contributed by atoms with E-state index in [2.05, 4.69) is 151 Å². The second-order valence-corrected chi connectivity index (χ2v) is 17.1. The molecule has 4 aliphatic heterocycles. The predicted molar refractivity (Wildman–Crippen MR) is 254 cm³/mol. The van der Waals surface area contributed by atoms with Gasteiger partial charge in [-0.05, 0) is 93.6 Å². The van der Waals surface area contributed by atoms with E-state index in [1.807, 2.05) is 30.3 Å². The molecule has 0 amide bonds. The summed E-state index contributed by atoms with van der Waals surface area (Å²) < 4.78 is 36.4. The number of fused-ring (bicyclic) bond motifs is 15. The Balaban J connectivity index is 0.997. The van der Waals surface area contributed by atoms with Crippen molar-refractivity contribution < 1.29 is 23.4 Å². The normalized spacial score (nSPS) is 13.6. The molecule has 0 N–H and O–H groups in total. The summed E-state index contributed by atoms with van der Waals surface area (Å²) in [5.74, 6) is 6.67. The SMILES string of the molecule is Cn1c2c(-c3cc4c5c(c3)Oc3ccccc3B5c3ccccc3O4)cccc2c2c3oc4ccccc4c3cc(-c3cc4c5c(c3)Oc3ccccc3B5c3ccccc3O4)c21. The van der Waals surface area contributed by atoms with E-state index in [9.17, 15) is 0 Å². The van der Waals surface area contributed by atoms with E-state index in [0.717, 1.165) is 145 Å². The van der Waals surface area contributed by atoms with Gasteiger partial charge in [0.15, 0.2) is 0 Å². The van der Waals surface area contributed by atoms with Crippen LogP contribution in [0.15, 0.2) is 174 Å². The molecule has 0 aliphatic carbocycles. The highest BCUT2D eigenvalue weighted by atomic mass is 16.5. The van der Waals surface area contributed by atoms with Crippen molar-refractivity contribution in [1.82, 2.24) is 4.57 Å². The number of furan rings is 1. The molecular weight excluding hydrogens is 776 g/mol. The Hall–Kier alpha value is -8.09. The molecule has 0 fully saturated rings. The number of hydrogen-bond acceptors (Lipinski definition) is 5. The fourth-order valence-corrected chi connectivity index (χ4v) is 11.2. The Morgan fingerprint density at radius 1 is 0.381 bits per heavy atom. The van der Waals surface area contributed by atoms with Crippen LogP contribution in [0.1, 0.15) is 0 Å². The average Bonchev–Trinajstić information content (AvgIpc) is 3.85. The number of rotatable bonds is 2. The molecule has 0 saturated heterocycles. The van der Waals surface area contributed by atoms with Crippen LogP contribution in [-0.2, 0) is 7.05 Å². The quantitative estimate of drug-likeness (QED) is 0.163. The van der Waals surface area contributed by atoms with Gasteiger partial charge in [-0.15, -0.1) is 0 Å². The maximum Gasteiger partial charge on any atom is 0.260 e. The first kappa shape index (κ1) is 33.6. The largest absolute Gasteiger partial charge is 0.458 e. The van der Waals surface area contributed by atoms with E-state index >= 15 is 0 Å². The number of aromatic nitrogens is 1. The lowest BCUT2D eigenvalue weighted by atomic mass is 9.35. The van der Waals surface area contributed by atoms with E-state index < -0.39 is 0 Å². The summed E-state index contributed by atoms with van der Waals surface area (Å²) in [4.78, 5) is 0. The van der Waals surface area contributed by atoms with Crippen LogP contribution >= 0.6 is 0 Å². The molecule has 11 aromatic rings. The maximum absolute atomic E-state index is 6.85. The Labute approximate surface area is 361 Å². The molecule has 6 nitrogen and oxygen atoms in total. The molecule has 6 heterocycles. The summed E-state index contributed by atoms with van der Waals surface area (Å²) in [7, 11) is 2.17. The molecule has 4 aliphatic rings. The monoisotopic (exact) mass is 807 g/mol. The Kier molecular flexibility index (Phi) is 6.43. The van der Waals surface area contributed by atoms with Crippen molar-refractivity contribution in [3.05, 3.63) is 170 Å². The molecule has 0 bridgehead atoms. The van der Waals surface area contributed by atoms with E-state index in [1.165, 1.54) is 0 Å². The molecule has 0 spiro atoms. The summed E-state index contributed by atoms with van der Waals surface area (Å²) in [6.45, 7) is -0.00479. The third-order valence-electron chi connectivity index (χ3n) is 13.8. The number of ether oxygens (including phenoxy) is 4. The lowest BCUT2D eigenvalue weighted by Gasteiger charge is -2.33. The number of aryl methyl sites for hydroxylation is 1. The van der Waals surface area contributed by atoms with Crippen LogP contribution in [0.2, 0.25) is 0 Å². The van der Waals surface area contributed by atoms with Crippen LogP contribution in [0.25, 0.3) is 66.0 Å². The first-order valence-electron chi connectivity index (χ1n) is 21.4. The molecule has 2 aromatic heterocycles. The first-order valence-corrected chi connectivity index (χ1v) is 21.4. The first-order chi connectivity index (χ1) is 31.1. The zero-order chi connectivity index (χ0) is 41.1. The van der Waals surface area contributed by atoms with Crippen molar-refractivity contribution in [2.75, 3.05) is 0 Å². The average molecular weight is 807 g/mol. The van der Waals surface area contributed by atoms with Gasteiger partial charge in [0.2, 0.25) is 0 Å². The molecule has 0 radical (unpaired) electrons. The van der Waals surface area contributed by atoms with Gasteiger partial charge in [-0.25, -0.2) is 0 Å². The van der Waals surface area contributed by atoms with Gasteiger partial charge in [-0.1, -0.05) is 109 Å². The Bertz CT molecular complexity index is 3720. The lowest BCUT2D eigenvalue weighted by Crippen LogP contribution is -2.57. The van der Waals surface area contributed by atoms with Gasteiger partial charge in [-0.2, -0.15) is 0 Å². The highest BCUT2D eigenvalue weighted by molar-refractivity contribution is 6.99. The second kappa shape index (κ2) is 12.1. The molecule has 15 rings (SSSR count). The molecule has 0 saturated carbocycles. The van der Waals surface area contributed by atoms with Crippen molar-refractivity contribution >= 4 is 89.9 Å². The molecular formula is C55H31B2NO5. The minimum absolute atomic E-state index is 0.00309. The Morgan fingerprint density at radius 3 is 1.35 bits per heavy atom. The molecule has 292 valence electrons. The van der Waals surface area contributed by atoms with E-state index in [1.54, 1.807) is 0 Å². The van der Waals surface area contributed by atoms with Crippen LogP contribution < -0.4 is 51.7 Å². The van der Waals surface area contributed by atoms with Gasteiger partial charge in [0.1, 0.15) is 57.2 Å². The van der Waals surface area contributed by atoms with Crippen molar-refractivity contribution in [1.29, 1.82) is 0 Å². The van der Waals surface area contributed by atoms with E-state index in [0.29, 0.717) is 0 Å². The van der Waals surface area contributed by atoms with Crippen LogP contribution in [0.3, 0.4) is 0 Å². The zero-order valence-corrected chi connectivity index (χ0v) is 33.8. The second-order valence-electron chi connectivity index (χ2n) is 17.1. The van der Waals surface area contributed by atoms with E-state index in [-0.39, 0.29) is 13.4 Å². The highest BCUT2D eigenvalue weighted by Gasteiger charge is 2.42. The van der Waals surface area contributed by atoms with Crippen molar-refractivity contribution in [3.8, 4) is 68.2 Å². The van der Waals surface area contributed by atoms with Crippen molar-refractivity contribution in [3.63, 3.8) is 0 Å². The summed E-state index contributed by atoms with van der Waals surface area (Å²) in [6.07, 6.45) is 0. The van der Waals surface area contributed by atoms with Gasteiger partial charge in [0, 0.05) is 45.3 Å². The molecule has 0 atom stereocenters. The van der Waals surface area contributed by atoms with Gasteiger partial charge in [-0.3, -0.25) is 0 Å². The fraction of sp³-hybridized carbons (Fsp3) is 0.0182. The smallest absolute Gasteiger partial charge is 0.260 e.